The molecule has 5 heteroatoms. The molecule has 0 heterocycles. The number of aliphatic carboxylic acids is 1. The molecule has 0 radical (unpaired) electrons. The van der Waals surface area contributed by atoms with E-state index in [0.717, 1.165) is 6.42 Å². The first-order valence-electron chi connectivity index (χ1n) is 6.83. The minimum absolute atomic E-state index is 0.0336. The van der Waals surface area contributed by atoms with Crippen LogP contribution >= 0.6 is 0 Å². The smallest absolute Gasteiger partial charge is 0.305 e. The lowest BCUT2D eigenvalue weighted by atomic mass is 9.87. The standard InChI is InChI=1S/C14H28N2O3/c1-6-16(10(2)7-13(18)19)12(17)8-11(15)9-14(3,4)5/h10-11H,6-9,15H2,1-5H3,(H,18,19). The molecule has 0 aliphatic carbocycles. The van der Waals surface area contributed by atoms with Gasteiger partial charge in [-0.3, -0.25) is 9.59 Å². The third kappa shape index (κ3) is 7.82. The first-order chi connectivity index (χ1) is 8.56. The Balaban J connectivity index is 4.47. The van der Waals surface area contributed by atoms with Crippen LogP contribution in [-0.4, -0.2) is 40.5 Å². The lowest BCUT2D eigenvalue weighted by Crippen LogP contribution is -2.42. The summed E-state index contributed by atoms with van der Waals surface area (Å²) in [5.41, 5.74) is 6.08. The molecule has 0 aromatic rings. The molecular weight excluding hydrogens is 244 g/mol. The van der Waals surface area contributed by atoms with Crippen LogP contribution in [0.1, 0.15) is 53.9 Å². The molecule has 2 unspecified atom stereocenters. The Hall–Kier alpha value is -1.10. The molecule has 0 aromatic heterocycles. The van der Waals surface area contributed by atoms with E-state index in [4.69, 9.17) is 10.8 Å². The molecule has 0 saturated carbocycles. The van der Waals surface area contributed by atoms with Crippen molar-refractivity contribution in [2.75, 3.05) is 6.54 Å². The van der Waals surface area contributed by atoms with Crippen molar-refractivity contribution in [2.24, 2.45) is 11.1 Å². The fraction of sp³-hybridized carbons (Fsp3) is 0.857. The number of carboxylic acids is 1. The highest BCUT2D eigenvalue weighted by Crippen LogP contribution is 2.21. The molecule has 0 bridgehead atoms. The molecule has 19 heavy (non-hydrogen) atoms. The van der Waals surface area contributed by atoms with Crippen LogP contribution in [0.4, 0.5) is 0 Å². The molecule has 0 aromatic carbocycles. The summed E-state index contributed by atoms with van der Waals surface area (Å²) in [5, 5.41) is 8.78. The fourth-order valence-electron chi connectivity index (χ4n) is 2.30. The van der Waals surface area contributed by atoms with Gasteiger partial charge in [0, 0.05) is 25.0 Å². The zero-order chi connectivity index (χ0) is 15.2. The lowest BCUT2D eigenvalue weighted by Gasteiger charge is -2.29. The number of nitrogens with zero attached hydrogens (tertiary/aromatic N) is 1. The van der Waals surface area contributed by atoms with E-state index in [-0.39, 0.29) is 36.2 Å². The highest BCUT2D eigenvalue weighted by atomic mass is 16.4. The number of amides is 1. The monoisotopic (exact) mass is 272 g/mol. The Labute approximate surface area is 116 Å². The van der Waals surface area contributed by atoms with E-state index in [1.807, 2.05) is 6.92 Å². The summed E-state index contributed by atoms with van der Waals surface area (Å²) >= 11 is 0. The molecule has 0 aliphatic heterocycles. The van der Waals surface area contributed by atoms with Crippen LogP contribution in [0.25, 0.3) is 0 Å². The van der Waals surface area contributed by atoms with Gasteiger partial charge in [-0.1, -0.05) is 20.8 Å². The molecule has 0 saturated heterocycles. The quantitative estimate of drug-likeness (QED) is 0.741. The van der Waals surface area contributed by atoms with Crippen LogP contribution in [-0.2, 0) is 9.59 Å². The molecule has 0 rings (SSSR count). The number of hydrogen-bond acceptors (Lipinski definition) is 3. The SMILES string of the molecule is CCN(C(=O)CC(N)CC(C)(C)C)C(C)CC(=O)O. The van der Waals surface area contributed by atoms with Gasteiger partial charge in [-0.15, -0.1) is 0 Å². The van der Waals surface area contributed by atoms with Crippen molar-refractivity contribution in [3.05, 3.63) is 0 Å². The Bertz CT molecular complexity index is 310. The third-order valence-electron chi connectivity index (χ3n) is 2.97. The Morgan fingerprint density at radius 1 is 1.26 bits per heavy atom. The van der Waals surface area contributed by atoms with Crippen molar-refractivity contribution in [3.8, 4) is 0 Å². The maximum Gasteiger partial charge on any atom is 0.305 e. The number of carbonyl (C=O) groups excluding carboxylic acids is 1. The Morgan fingerprint density at radius 3 is 2.16 bits per heavy atom. The second kappa shape index (κ2) is 7.48. The van der Waals surface area contributed by atoms with E-state index in [1.165, 1.54) is 0 Å². The van der Waals surface area contributed by atoms with Gasteiger partial charge < -0.3 is 15.7 Å². The van der Waals surface area contributed by atoms with Crippen molar-refractivity contribution < 1.29 is 14.7 Å². The van der Waals surface area contributed by atoms with Gasteiger partial charge in [0.2, 0.25) is 5.91 Å². The average molecular weight is 272 g/mol. The average Bonchev–Trinajstić information content (AvgIpc) is 2.13. The number of carbonyl (C=O) groups is 2. The largest absolute Gasteiger partial charge is 0.481 e. The highest BCUT2D eigenvalue weighted by molar-refractivity contribution is 5.78. The van der Waals surface area contributed by atoms with E-state index in [1.54, 1.807) is 11.8 Å². The summed E-state index contributed by atoms with van der Waals surface area (Å²) in [5.74, 6) is -0.953. The summed E-state index contributed by atoms with van der Waals surface area (Å²) in [6, 6.07) is -0.476. The van der Waals surface area contributed by atoms with Gasteiger partial charge >= 0.3 is 5.97 Å². The van der Waals surface area contributed by atoms with Crippen LogP contribution in [0.2, 0.25) is 0 Å². The van der Waals surface area contributed by atoms with Crippen LogP contribution in [0.5, 0.6) is 0 Å². The number of carboxylic acid groups (broad SMARTS) is 1. The summed E-state index contributed by atoms with van der Waals surface area (Å²) in [6.07, 6.45) is 1.01. The minimum atomic E-state index is -0.891. The normalized spacial score (nSPS) is 14.8. The van der Waals surface area contributed by atoms with Gasteiger partial charge in [0.05, 0.1) is 6.42 Å². The zero-order valence-corrected chi connectivity index (χ0v) is 12.8. The van der Waals surface area contributed by atoms with Crippen molar-refractivity contribution in [2.45, 2.75) is 66.0 Å². The summed E-state index contributed by atoms with van der Waals surface area (Å²) in [6.45, 7) is 10.4. The van der Waals surface area contributed by atoms with E-state index in [9.17, 15) is 9.59 Å². The first kappa shape index (κ1) is 17.9. The summed E-state index contributed by atoms with van der Waals surface area (Å²) < 4.78 is 0. The van der Waals surface area contributed by atoms with Crippen molar-refractivity contribution in [1.82, 2.24) is 4.90 Å². The summed E-state index contributed by atoms with van der Waals surface area (Å²) in [7, 11) is 0. The third-order valence-corrected chi connectivity index (χ3v) is 2.97. The Morgan fingerprint density at radius 2 is 1.79 bits per heavy atom. The zero-order valence-electron chi connectivity index (χ0n) is 12.8. The van der Waals surface area contributed by atoms with Crippen LogP contribution in [0.15, 0.2) is 0 Å². The van der Waals surface area contributed by atoms with Crippen LogP contribution in [0.3, 0.4) is 0 Å². The van der Waals surface area contributed by atoms with Crippen molar-refractivity contribution >= 4 is 11.9 Å². The second-order valence-electron chi connectivity index (χ2n) is 6.36. The van der Waals surface area contributed by atoms with Gasteiger partial charge in [-0.25, -0.2) is 0 Å². The van der Waals surface area contributed by atoms with Gasteiger partial charge in [0.15, 0.2) is 0 Å². The first-order valence-corrected chi connectivity index (χ1v) is 6.83. The molecule has 0 fully saturated rings. The minimum Gasteiger partial charge on any atom is -0.481 e. The molecule has 1 amide bonds. The molecule has 2 atom stereocenters. The van der Waals surface area contributed by atoms with Crippen molar-refractivity contribution in [3.63, 3.8) is 0 Å². The predicted molar refractivity (Wildman–Crippen MR) is 75.8 cm³/mol. The predicted octanol–water partition coefficient (Wildman–Crippen LogP) is 1.85. The lowest BCUT2D eigenvalue weighted by molar-refractivity contribution is -0.140. The van der Waals surface area contributed by atoms with Crippen LogP contribution in [0, 0.1) is 5.41 Å². The maximum atomic E-state index is 12.1. The Kier molecular flexibility index (Phi) is 7.05. The van der Waals surface area contributed by atoms with Crippen molar-refractivity contribution in [1.29, 1.82) is 0 Å². The van der Waals surface area contributed by atoms with E-state index < -0.39 is 5.97 Å². The summed E-state index contributed by atoms with van der Waals surface area (Å²) in [4.78, 5) is 24.4. The van der Waals surface area contributed by atoms with Gasteiger partial charge in [-0.2, -0.15) is 0 Å². The number of rotatable bonds is 7. The van der Waals surface area contributed by atoms with E-state index in [2.05, 4.69) is 20.8 Å². The van der Waals surface area contributed by atoms with Gasteiger partial charge in [-0.05, 0) is 25.7 Å². The molecular formula is C14H28N2O3. The van der Waals surface area contributed by atoms with E-state index >= 15 is 0 Å². The molecule has 0 aliphatic rings. The van der Waals surface area contributed by atoms with Crippen LogP contribution < -0.4 is 5.73 Å². The number of hydrogen-bond donors (Lipinski definition) is 2. The molecule has 3 N–H and O–H groups in total. The fourth-order valence-corrected chi connectivity index (χ4v) is 2.30. The topological polar surface area (TPSA) is 83.6 Å². The highest BCUT2D eigenvalue weighted by Gasteiger charge is 2.24. The van der Waals surface area contributed by atoms with E-state index in [0.29, 0.717) is 6.54 Å². The molecule has 0 spiro atoms. The van der Waals surface area contributed by atoms with Gasteiger partial charge in [0.1, 0.15) is 0 Å². The second-order valence-corrected chi connectivity index (χ2v) is 6.36. The number of nitrogens with two attached hydrogens (primary N) is 1. The maximum absolute atomic E-state index is 12.1. The molecule has 112 valence electrons. The molecule has 5 nitrogen and oxygen atoms in total. The van der Waals surface area contributed by atoms with Gasteiger partial charge in [0.25, 0.3) is 0 Å².